The van der Waals surface area contributed by atoms with Gasteiger partial charge in [-0.2, -0.15) is 5.26 Å². The number of amides is 1. The Morgan fingerprint density at radius 3 is 3.04 bits per heavy atom. The highest BCUT2D eigenvalue weighted by Crippen LogP contribution is 2.33. The van der Waals surface area contributed by atoms with E-state index in [9.17, 15) is 10.1 Å². The van der Waals surface area contributed by atoms with Crippen LogP contribution in [0.25, 0.3) is 11.1 Å². The van der Waals surface area contributed by atoms with Crippen molar-refractivity contribution in [3.8, 4) is 22.9 Å². The Hall–Kier alpha value is -2.87. The van der Waals surface area contributed by atoms with Crippen LogP contribution in [0.1, 0.15) is 48.5 Å². The zero-order chi connectivity index (χ0) is 18.9. The highest BCUT2D eigenvalue weighted by atomic mass is 16.5. The smallest absolute Gasteiger partial charge is 0.254 e. The fraction of sp³-hybridized carbons (Fsp3) is 0.409. The van der Waals surface area contributed by atoms with Gasteiger partial charge >= 0.3 is 0 Å². The van der Waals surface area contributed by atoms with E-state index in [1.54, 1.807) is 12.4 Å². The zero-order valence-electron chi connectivity index (χ0n) is 15.5. The number of nitrogens with zero attached hydrogens (tertiary/aromatic N) is 2. The zero-order valence-corrected chi connectivity index (χ0v) is 15.5. The maximum absolute atomic E-state index is 12.8. The molecule has 0 bridgehead atoms. The molecule has 1 aromatic carbocycles. The molecule has 1 aliphatic carbocycles. The second-order valence-electron chi connectivity index (χ2n) is 7.73. The lowest BCUT2D eigenvalue weighted by molar-refractivity contribution is 0.0890. The lowest BCUT2D eigenvalue weighted by Crippen LogP contribution is -2.50. The Balaban J connectivity index is 1.57. The van der Waals surface area contributed by atoms with Crippen molar-refractivity contribution >= 4 is 5.91 Å². The van der Waals surface area contributed by atoms with Crippen LogP contribution in [0.3, 0.4) is 0 Å². The number of benzene rings is 1. The topological polar surface area (TPSA) is 75.0 Å². The van der Waals surface area contributed by atoms with Crippen LogP contribution in [0.15, 0.2) is 36.7 Å². The number of nitriles is 1. The van der Waals surface area contributed by atoms with Crippen molar-refractivity contribution in [1.82, 2.24) is 10.3 Å². The standard InChI is InChI=1S/C22H23N3O2/c1-15-3-2-7-22(11-15,14-23)25-21(26)19-10-18(12-24-13-19)16-4-5-20-17(9-16)6-8-27-20/h4-5,9-10,12-13,15H,2-3,6-8,11H2,1H3,(H,25,26). The summed E-state index contributed by atoms with van der Waals surface area (Å²) in [5.41, 5.74) is 2.80. The van der Waals surface area contributed by atoms with Crippen molar-refractivity contribution in [2.45, 2.75) is 44.6 Å². The number of ether oxygens (including phenoxy) is 1. The lowest BCUT2D eigenvalue weighted by Gasteiger charge is -2.35. The Morgan fingerprint density at radius 2 is 2.22 bits per heavy atom. The molecule has 0 spiro atoms. The van der Waals surface area contributed by atoms with E-state index in [1.165, 1.54) is 5.56 Å². The minimum atomic E-state index is -0.768. The molecule has 5 nitrogen and oxygen atoms in total. The number of fused-ring (bicyclic) bond motifs is 1. The number of hydrogen-bond donors (Lipinski definition) is 1. The summed E-state index contributed by atoms with van der Waals surface area (Å²) in [5.74, 6) is 1.14. The Labute approximate surface area is 159 Å². The van der Waals surface area contributed by atoms with E-state index >= 15 is 0 Å². The molecule has 2 atom stereocenters. The molecule has 1 aromatic heterocycles. The molecular formula is C22H23N3O2. The number of rotatable bonds is 3. The first-order valence-corrected chi connectivity index (χ1v) is 9.53. The van der Waals surface area contributed by atoms with E-state index in [1.807, 2.05) is 18.2 Å². The van der Waals surface area contributed by atoms with Crippen LogP contribution in [0.5, 0.6) is 5.75 Å². The quantitative estimate of drug-likeness (QED) is 0.900. The molecular weight excluding hydrogens is 338 g/mol. The van der Waals surface area contributed by atoms with Gasteiger partial charge in [0.15, 0.2) is 0 Å². The molecule has 5 heteroatoms. The maximum atomic E-state index is 12.8. The van der Waals surface area contributed by atoms with Gasteiger partial charge in [0.25, 0.3) is 5.91 Å². The van der Waals surface area contributed by atoms with Gasteiger partial charge in [-0.15, -0.1) is 0 Å². The van der Waals surface area contributed by atoms with Gasteiger partial charge in [0.1, 0.15) is 11.3 Å². The number of aromatic nitrogens is 1. The van der Waals surface area contributed by atoms with Crippen LogP contribution < -0.4 is 10.1 Å². The summed E-state index contributed by atoms with van der Waals surface area (Å²) in [4.78, 5) is 17.1. The van der Waals surface area contributed by atoms with E-state index in [2.05, 4.69) is 29.4 Å². The largest absolute Gasteiger partial charge is 0.493 e. The Morgan fingerprint density at radius 1 is 1.33 bits per heavy atom. The monoisotopic (exact) mass is 361 g/mol. The second kappa shape index (κ2) is 7.03. The van der Waals surface area contributed by atoms with Gasteiger partial charge in [0.05, 0.1) is 18.2 Å². The number of carbonyl (C=O) groups is 1. The molecule has 4 rings (SSSR count). The van der Waals surface area contributed by atoms with Gasteiger partial charge in [0, 0.05) is 24.4 Å². The maximum Gasteiger partial charge on any atom is 0.254 e. The van der Waals surface area contributed by atoms with Crippen molar-refractivity contribution in [3.05, 3.63) is 47.8 Å². The molecule has 138 valence electrons. The third-order valence-electron chi connectivity index (χ3n) is 5.59. The summed E-state index contributed by atoms with van der Waals surface area (Å²) in [6.45, 7) is 2.85. The van der Waals surface area contributed by atoms with E-state index in [4.69, 9.17) is 4.74 Å². The highest BCUT2D eigenvalue weighted by molar-refractivity contribution is 5.95. The molecule has 2 unspecified atom stereocenters. The molecule has 2 aliphatic rings. The summed E-state index contributed by atoms with van der Waals surface area (Å²) in [7, 11) is 0. The van der Waals surface area contributed by atoms with E-state index < -0.39 is 5.54 Å². The summed E-state index contributed by atoms with van der Waals surface area (Å²) in [6.07, 6.45) is 7.71. The fourth-order valence-corrected chi connectivity index (χ4v) is 4.17. The Kier molecular flexibility index (Phi) is 4.57. The highest BCUT2D eigenvalue weighted by Gasteiger charge is 2.36. The molecule has 2 aromatic rings. The van der Waals surface area contributed by atoms with Gasteiger partial charge in [-0.1, -0.05) is 19.4 Å². The van der Waals surface area contributed by atoms with Crippen LogP contribution in [0.4, 0.5) is 0 Å². The molecule has 2 heterocycles. The second-order valence-corrected chi connectivity index (χ2v) is 7.73. The van der Waals surface area contributed by atoms with Crippen LogP contribution in [-0.2, 0) is 6.42 Å². The normalized spacial score (nSPS) is 23.8. The number of carbonyl (C=O) groups excluding carboxylic acids is 1. The molecule has 1 N–H and O–H groups in total. The number of pyridine rings is 1. The predicted octanol–water partition coefficient (Wildman–Crippen LogP) is 3.89. The number of nitrogens with one attached hydrogen (secondary N) is 1. The van der Waals surface area contributed by atoms with Crippen LogP contribution >= 0.6 is 0 Å². The molecule has 1 amide bonds. The minimum absolute atomic E-state index is 0.232. The molecule has 0 radical (unpaired) electrons. The first-order chi connectivity index (χ1) is 13.1. The van der Waals surface area contributed by atoms with Crippen molar-refractivity contribution in [1.29, 1.82) is 5.26 Å². The minimum Gasteiger partial charge on any atom is -0.493 e. The Bertz CT molecular complexity index is 918. The van der Waals surface area contributed by atoms with Crippen molar-refractivity contribution < 1.29 is 9.53 Å². The van der Waals surface area contributed by atoms with E-state index in [0.29, 0.717) is 30.9 Å². The average molecular weight is 361 g/mol. The van der Waals surface area contributed by atoms with Gasteiger partial charge < -0.3 is 10.1 Å². The SMILES string of the molecule is CC1CCCC(C#N)(NC(=O)c2cncc(-c3ccc4c(c3)CCO4)c2)C1. The van der Waals surface area contributed by atoms with Crippen LogP contribution in [-0.4, -0.2) is 23.0 Å². The lowest BCUT2D eigenvalue weighted by atomic mass is 9.77. The summed E-state index contributed by atoms with van der Waals surface area (Å²) >= 11 is 0. The first kappa shape index (κ1) is 17.5. The molecule has 1 fully saturated rings. The van der Waals surface area contributed by atoms with E-state index in [-0.39, 0.29) is 5.91 Å². The van der Waals surface area contributed by atoms with Crippen LogP contribution in [0, 0.1) is 17.2 Å². The van der Waals surface area contributed by atoms with Crippen molar-refractivity contribution in [2.75, 3.05) is 6.61 Å². The molecule has 1 saturated carbocycles. The third kappa shape index (κ3) is 3.52. The van der Waals surface area contributed by atoms with Crippen molar-refractivity contribution in [3.63, 3.8) is 0 Å². The van der Waals surface area contributed by atoms with Gasteiger partial charge in [0.2, 0.25) is 0 Å². The predicted molar refractivity (Wildman–Crippen MR) is 102 cm³/mol. The summed E-state index contributed by atoms with van der Waals surface area (Å²) in [6, 6.07) is 10.3. The van der Waals surface area contributed by atoms with Gasteiger partial charge in [-0.25, -0.2) is 0 Å². The van der Waals surface area contributed by atoms with E-state index in [0.717, 1.165) is 36.1 Å². The molecule has 0 saturated heterocycles. The number of hydrogen-bond acceptors (Lipinski definition) is 4. The van der Waals surface area contributed by atoms with Crippen molar-refractivity contribution in [2.24, 2.45) is 5.92 Å². The summed E-state index contributed by atoms with van der Waals surface area (Å²) in [5, 5.41) is 12.7. The summed E-state index contributed by atoms with van der Waals surface area (Å²) < 4.78 is 5.56. The third-order valence-corrected chi connectivity index (χ3v) is 5.59. The van der Waals surface area contributed by atoms with Gasteiger partial charge in [-0.3, -0.25) is 9.78 Å². The molecule has 1 aliphatic heterocycles. The average Bonchev–Trinajstić information content (AvgIpc) is 3.16. The van der Waals surface area contributed by atoms with Crippen LogP contribution in [0.2, 0.25) is 0 Å². The fourth-order valence-electron chi connectivity index (χ4n) is 4.17. The van der Waals surface area contributed by atoms with Gasteiger partial charge in [-0.05, 0) is 54.5 Å². The first-order valence-electron chi connectivity index (χ1n) is 9.53. The molecule has 27 heavy (non-hydrogen) atoms.